The van der Waals surface area contributed by atoms with Crippen molar-refractivity contribution in [2.45, 2.75) is 25.4 Å². The molecule has 0 unspecified atom stereocenters. The quantitative estimate of drug-likeness (QED) is 0.597. The Balaban J connectivity index is 1.38. The van der Waals surface area contributed by atoms with Crippen LogP contribution in [0.15, 0.2) is 48.5 Å². The Morgan fingerprint density at radius 2 is 1.71 bits per heavy atom. The standard InChI is InChI=1S/C24H22F3N3O/c25-24(26,27)16-5-3-6-17(15-16)29-11-13-30(14-12-29)23(31)22-18-7-1-2-9-20(18)28-21-10-4-8-19(21)22/h1-3,5-7,9,15H,4,8,10-14H2. The van der Waals surface area contributed by atoms with Gasteiger partial charge in [0.15, 0.2) is 0 Å². The van der Waals surface area contributed by atoms with Gasteiger partial charge in [-0.05, 0) is 49.1 Å². The van der Waals surface area contributed by atoms with E-state index in [0.29, 0.717) is 31.9 Å². The zero-order valence-electron chi connectivity index (χ0n) is 17.0. The Morgan fingerprint density at radius 1 is 0.935 bits per heavy atom. The van der Waals surface area contributed by atoms with E-state index in [1.807, 2.05) is 34.1 Å². The lowest BCUT2D eigenvalue weighted by molar-refractivity contribution is -0.137. The number of halogens is 3. The molecule has 0 N–H and O–H groups in total. The lowest BCUT2D eigenvalue weighted by Crippen LogP contribution is -2.49. The number of carbonyl (C=O) groups is 1. The van der Waals surface area contributed by atoms with Gasteiger partial charge >= 0.3 is 6.18 Å². The number of pyridine rings is 1. The van der Waals surface area contributed by atoms with Gasteiger partial charge in [0.1, 0.15) is 0 Å². The van der Waals surface area contributed by atoms with Crippen LogP contribution in [0.5, 0.6) is 0 Å². The Bertz CT molecular complexity index is 1150. The van der Waals surface area contributed by atoms with E-state index >= 15 is 0 Å². The second-order valence-corrected chi connectivity index (χ2v) is 8.11. The van der Waals surface area contributed by atoms with Crippen molar-refractivity contribution >= 4 is 22.5 Å². The first kappa shape index (κ1) is 19.8. The molecule has 2 aromatic carbocycles. The Labute approximate surface area is 178 Å². The SMILES string of the molecule is O=C(c1c2c(nc3ccccc13)CCC2)N1CCN(c2cccc(C(F)(F)F)c2)CC1. The first-order valence-corrected chi connectivity index (χ1v) is 10.5. The van der Waals surface area contributed by atoms with Crippen LogP contribution >= 0.6 is 0 Å². The summed E-state index contributed by atoms with van der Waals surface area (Å²) >= 11 is 0. The number of alkyl halides is 3. The predicted molar refractivity (Wildman–Crippen MR) is 113 cm³/mol. The van der Waals surface area contributed by atoms with Gasteiger partial charge in [-0.2, -0.15) is 13.2 Å². The molecule has 160 valence electrons. The van der Waals surface area contributed by atoms with Crippen molar-refractivity contribution in [1.29, 1.82) is 0 Å². The number of rotatable bonds is 2. The molecule has 1 aliphatic heterocycles. The van der Waals surface area contributed by atoms with E-state index in [0.717, 1.165) is 53.1 Å². The van der Waals surface area contributed by atoms with Gasteiger partial charge in [-0.1, -0.05) is 24.3 Å². The van der Waals surface area contributed by atoms with Crippen molar-refractivity contribution < 1.29 is 18.0 Å². The fourth-order valence-electron chi connectivity index (χ4n) is 4.66. The Hall–Kier alpha value is -3.09. The minimum Gasteiger partial charge on any atom is -0.368 e. The van der Waals surface area contributed by atoms with Gasteiger partial charge < -0.3 is 9.80 Å². The molecule has 0 spiro atoms. The lowest BCUT2D eigenvalue weighted by atomic mass is 9.99. The van der Waals surface area contributed by atoms with E-state index in [-0.39, 0.29) is 5.91 Å². The molecule has 1 saturated heterocycles. The van der Waals surface area contributed by atoms with Crippen molar-refractivity contribution in [3.05, 3.63) is 70.9 Å². The number of para-hydroxylation sites is 1. The summed E-state index contributed by atoms with van der Waals surface area (Å²) in [4.78, 5) is 22.0. The smallest absolute Gasteiger partial charge is 0.368 e. The van der Waals surface area contributed by atoms with E-state index in [9.17, 15) is 18.0 Å². The minimum absolute atomic E-state index is 0.000409. The normalized spacial score (nSPS) is 16.6. The zero-order chi connectivity index (χ0) is 21.6. The van der Waals surface area contributed by atoms with Crippen LogP contribution in [0.3, 0.4) is 0 Å². The van der Waals surface area contributed by atoms with Crippen molar-refractivity contribution in [1.82, 2.24) is 9.88 Å². The molecule has 1 amide bonds. The molecule has 2 aliphatic rings. The van der Waals surface area contributed by atoms with Crippen molar-refractivity contribution in [3.8, 4) is 0 Å². The Morgan fingerprint density at radius 3 is 2.48 bits per heavy atom. The summed E-state index contributed by atoms with van der Waals surface area (Å²) in [6, 6.07) is 13.1. The number of hydrogen-bond donors (Lipinski definition) is 0. The average molecular weight is 425 g/mol. The van der Waals surface area contributed by atoms with Crippen molar-refractivity contribution in [2.24, 2.45) is 0 Å². The maximum absolute atomic E-state index is 13.5. The van der Waals surface area contributed by atoms with Crippen molar-refractivity contribution in [3.63, 3.8) is 0 Å². The van der Waals surface area contributed by atoms with Crippen LogP contribution in [0.25, 0.3) is 10.9 Å². The molecule has 1 fully saturated rings. The number of piperazine rings is 1. The molecule has 7 heteroatoms. The van der Waals surface area contributed by atoms with E-state index in [4.69, 9.17) is 4.98 Å². The highest BCUT2D eigenvalue weighted by Crippen LogP contribution is 2.33. The summed E-state index contributed by atoms with van der Waals surface area (Å²) in [5, 5.41) is 0.883. The third kappa shape index (κ3) is 3.62. The number of nitrogens with zero attached hydrogens (tertiary/aromatic N) is 3. The maximum atomic E-state index is 13.5. The second-order valence-electron chi connectivity index (χ2n) is 8.11. The molecule has 3 aromatic rings. The van der Waals surface area contributed by atoms with Gasteiger partial charge in [0.25, 0.3) is 5.91 Å². The average Bonchev–Trinajstić information content (AvgIpc) is 3.24. The summed E-state index contributed by atoms with van der Waals surface area (Å²) in [5.74, 6) is 0.000409. The largest absolute Gasteiger partial charge is 0.416 e. The highest BCUT2D eigenvalue weighted by atomic mass is 19.4. The predicted octanol–water partition coefficient (Wildman–Crippen LogP) is 4.70. The number of aryl methyl sites for hydroxylation is 1. The second kappa shape index (κ2) is 7.55. The van der Waals surface area contributed by atoms with Gasteiger partial charge in [-0.3, -0.25) is 9.78 Å². The molecule has 5 rings (SSSR count). The number of hydrogen-bond acceptors (Lipinski definition) is 3. The van der Waals surface area contributed by atoms with Crippen LogP contribution in [0.1, 0.15) is 33.6 Å². The number of amides is 1. The van der Waals surface area contributed by atoms with E-state index < -0.39 is 11.7 Å². The molecule has 31 heavy (non-hydrogen) atoms. The number of anilines is 1. The topological polar surface area (TPSA) is 36.4 Å². The number of benzene rings is 2. The Kier molecular flexibility index (Phi) is 4.84. The third-order valence-electron chi connectivity index (χ3n) is 6.24. The van der Waals surface area contributed by atoms with Gasteiger partial charge in [-0.15, -0.1) is 0 Å². The van der Waals surface area contributed by atoms with E-state index in [1.54, 1.807) is 6.07 Å². The molecule has 1 aromatic heterocycles. The molecule has 4 nitrogen and oxygen atoms in total. The monoisotopic (exact) mass is 425 g/mol. The van der Waals surface area contributed by atoms with Gasteiger partial charge in [0.05, 0.1) is 16.6 Å². The summed E-state index contributed by atoms with van der Waals surface area (Å²) in [6.45, 7) is 1.94. The van der Waals surface area contributed by atoms with Crippen LogP contribution in [0.2, 0.25) is 0 Å². The van der Waals surface area contributed by atoms with Gasteiger partial charge in [0, 0.05) is 42.9 Å². The molecular formula is C24H22F3N3O. The highest BCUT2D eigenvalue weighted by molar-refractivity contribution is 6.08. The number of aromatic nitrogens is 1. The van der Waals surface area contributed by atoms with Gasteiger partial charge in [-0.25, -0.2) is 0 Å². The third-order valence-corrected chi connectivity index (χ3v) is 6.24. The summed E-state index contributed by atoms with van der Waals surface area (Å²) in [6.07, 6.45) is -1.61. The molecule has 0 bridgehead atoms. The fraction of sp³-hybridized carbons (Fsp3) is 0.333. The van der Waals surface area contributed by atoms with E-state index in [2.05, 4.69) is 0 Å². The van der Waals surface area contributed by atoms with Crippen LogP contribution in [-0.2, 0) is 19.0 Å². The van der Waals surface area contributed by atoms with E-state index in [1.165, 1.54) is 12.1 Å². The first-order valence-electron chi connectivity index (χ1n) is 10.5. The maximum Gasteiger partial charge on any atom is 0.416 e. The summed E-state index contributed by atoms with van der Waals surface area (Å²) in [7, 11) is 0. The molecule has 0 saturated carbocycles. The highest BCUT2D eigenvalue weighted by Gasteiger charge is 2.32. The van der Waals surface area contributed by atoms with Gasteiger partial charge in [0.2, 0.25) is 0 Å². The summed E-state index contributed by atoms with van der Waals surface area (Å²) in [5.41, 5.74) is 3.56. The molecular weight excluding hydrogens is 403 g/mol. The van der Waals surface area contributed by atoms with Crippen LogP contribution in [0, 0.1) is 0 Å². The minimum atomic E-state index is -4.36. The molecule has 2 heterocycles. The zero-order valence-corrected chi connectivity index (χ0v) is 17.0. The molecule has 0 radical (unpaired) electrons. The van der Waals surface area contributed by atoms with Crippen molar-refractivity contribution in [2.75, 3.05) is 31.1 Å². The van der Waals surface area contributed by atoms with Crippen LogP contribution in [-0.4, -0.2) is 42.0 Å². The number of carbonyl (C=O) groups excluding carboxylic acids is 1. The lowest BCUT2D eigenvalue weighted by Gasteiger charge is -2.36. The number of fused-ring (bicyclic) bond motifs is 2. The fourth-order valence-corrected chi connectivity index (χ4v) is 4.66. The van der Waals surface area contributed by atoms with Crippen LogP contribution < -0.4 is 4.90 Å². The first-order chi connectivity index (χ1) is 14.9. The van der Waals surface area contributed by atoms with Crippen LogP contribution in [0.4, 0.5) is 18.9 Å². The summed E-state index contributed by atoms with van der Waals surface area (Å²) < 4.78 is 39.2. The molecule has 1 aliphatic carbocycles. The molecule has 0 atom stereocenters.